The summed E-state index contributed by atoms with van der Waals surface area (Å²) in [5, 5.41) is 14.8. The van der Waals surface area contributed by atoms with E-state index in [1.807, 2.05) is 19.1 Å². The third kappa shape index (κ3) is 3.08. The first-order valence-corrected chi connectivity index (χ1v) is 8.31. The molecule has 0 aliphatic rings. The Morgan fingerprint density at radius 3 is 2.74 bits per heavy atom. The Bertz CT molecular complexity index is 1210. The predicted molar refractivity (Wildman–Crippen MR) is 101 cm³/mol. The third-order valence-corrected chi connectivity index (χ3v) is 4.55. The number of carbonyl (C=O) groups excluding carboxylic acids is 1. The third-order valence-electron chi connectivity index (χ3n) is 4.55. The molecule has 0 aliphatic heterocycles. The molecule has 4 aromatic rings. The van der Waals surface area contributed by atoms with Crippen LogP contribution in [0.25, 0.3) is 16.6 Å². The van der Waals surface area contributed by atoms with Gasteiger partial charge in [-0.05, 0) is 60.2 Å². The molecule has 0 saturated carbocycles. The zero-order valence-corrected chi connectivity index (χ0v) is 14.7. The summed E-state index contributed by atoms with van der Waals surface area (Å²) in [5.41, 5.74) is 3.93. The number of pyridine rings is 1. The van der Waals surface area contributed by atoms with Crippen LogP contribution in [0.1, 0.15) is 21.5 Å². The molecule has 0 spiro atoms. The standard InChI is InChI=1S/C19H16N6O2/c1-11-12(2)18(26)22-17-9-14(6-7-16(11)17)21-19(27)13-4-3-5-15(8-13)25-10-20-23-24-25/h3-10H,1-2H3,(H,21,27)(H,22,26). The van der Waals surface area contributed by atoms with Crippen molar-refractivity contribution in [2.75, 3.05) is 5.32 Å². The maximum atomic E-state index is 12.6. The molecular weight excluding hydrogens is 344 g/mol. The molecule has 0 bridgehead atoms. The Morgan fingerprint density at radius 2 is 1.96 bits per heavy atom. The zero-order valence-electron chi connectivity index (χ0n) is 14.7. The second kappa shape index (κ2) is 6.49. The number of tetrazole rings is 1. The molecule has 8 heteroatoms. The maximum absolute atomic E-state index is 12.6. The van der Waals surface area contributed by atoms with Gasteiger partial charge in [0.1, 0.15) is 6.33 Å². The number of fused-ring (bicyclic) bond motifs is 1. The summed E-state index contributed by atoms with van der Waals surface area (Å²) in [7, 11) is 0. The summed E-state index contributed by atoms with van der Waals surface area (Å²) in [6.07, 6.45) is 1.46. The van der Waals surface area contributed by atoms with Gasteiger partial charge in [0.15, 0.2) is 0 Å². The molecule has 134 valence electrons. The minimum Gasteiger partial charge on any atom is -0.322 e. The molecule has 0 unspecified atom stereocenters. The van der Waals surface area contributed by atoms with Gasteiger partial charge in [0.25, 0.3) is 11.5 Å². The van der Waals surface area contributed by atoms with Crippen LogP contribution in [-0.2, 0) is 0 Å². The summed E-state index contributed by atoms with van der Waals surface area (Å²) >= 11 is 0. The Morgan fingerprint density at radius 1 is 1.11 bits per heavy atom. The SMILES string of the molecule is Cc1c(C)c2ccc(NC(=O)c3cccc(-n4cnnn4)c3)cc2[nH]c1=O. The maximum Gasteiger partial charge on any atom is 0.255 e. The highest BCUT2D eigenvalue weighted by molar-refractivity contribution is 6.05. The van der Waals surface area contributed by atoms with Crippen molar-refractivity contribution in [2.45, 2.75) is 13.8 Å². The highest BCUT2D eigenvalue weighted by atomic mass is 16.1. The lowest BCUT2D eigenvalue weighted by Crippen LogP contribution is -2.14. The van der Waals surface area contributed by atoms with Crippen molar-refractivity contribution in [2.24, 2.45) is 0 Å². The van der Waals surface area contributed by atoms with Gasteiger partial charge < -0.3 is 10.3 Å². The van der Waals surface area contributed by atoms with Crippen LogP contribution in [-0.4, -0.2) is 31.1 Å². The number of amides is 1. The Hall–Kier alpha value is -3.81. The van der Waals surface area contributed by atoms with Gasteiger partial charge in [-0.15, -0.1) is 5.10 Å². The van der Waals surface area contributed by atoms with Crippen molar-refractivity contribution in [3.8, 4) is 5.69 Å². The second-order valence-electron chi connectivity index (χ2n) is 6.22. The van der Waals surface area contributed by atoms with E-state index in [2.05, 4.69) is 25.8 Å². The summed E-state index contributed by atoms with van der Waals surface area (Å²) in [6, 6.07) is 12.4. The van der Waals surface area contributed by atoms with E-state index < -0.39 is 0 Å². The zero-order chi connectivity index (χ0) is 19.0. The number of aromatic nitrogens is 5. The molecular formula is C19H16N6O2. The number of nitrogens with zero attached hydrogens (tertiary/aromatic N) is 4. The number of carbonyl (C=O) groups is 1. The van der Waals surface area contributed by atoms with E-state index in [-0.39, 0.29) is 11.5 Å². The van der Waals surface area contributed by atoms with E-state index in [0.717, 1.165) is 10.9 Å². The fourth-order valence-electron chi connectivity index (χ4n) is 2.91. The quantitative estimate of drug-likeness (QED) is 0.583. The molecule has 0 aliphatic carbocycles. The number of rotatable bonds is 3. The van der Waals surface area contributed by atoms with E-state index in [0.29, 0.717) is 28.0 Å². The van der Waals surface area contributed by atoms with E-state index in [9.17, 15) is 9.59 Å². The molecule has 0 radical (unpaired) electrons. The number of hydrogen-bond donors (Lipinski definition) is 2. The Kier molecular flexibility index (Phi) is 4.00. The fraction of sp³-hybridized carbons (Fsp3) is 0.105. The number of aryl methyl sites for hydroxylation is 1. The average molecular weight is 360 g/mol. The van der Waals surface area contributed by atoms with Crippen LogP contribution in [0.15, 0.2) is 53.6 Å². The number of nitrogens with one attached hydrogen (secondary N) is 2. The van der Waals surface area contributed by atoms with Crippen molar-refractivity contribution in [3.63, 3.8) is 0 Å². The van der Waals surface area contributed by atoms with E-state index in [4.69, 9.17) is 0 Å². The van der Waals surface area contributed by atoms with Gasteiger partial charge in [0.2, 0.25) is 0 Å². The molecule has 2 heterocycles. The Balaban J connectivity index is 1.64. The number of benzene rings is 2. The normalized spacial score (nSPS) is 10.9. The van der Waals surface area contributed by atoms with Crippen molar-refractivity contribution in [1.29, 1.82) is 0 Å². The second-order valence-corrected chi connectivity index (χ2v) is 6.22. The van der Waals surface area contributed by atoms with Gasteiger partial charge in [0, 0.05) is 22.2 Å². The first-order chi connectivity index (χ1) is 13.0. The van der Waals surface area contributed by atoms with Gasteiger partial charge in [-0.3, -0.25) is 9.59 Å². The lowest BCUT2D eigenvalue weighted by molar-refractivity contribution is 0.102. The number of hydrogen-bond acceptors (Lipinski definition) is 5. The topological polar surface area (TPSA) is 106 Å². The molecule has 4 rings (SSSR count). The first kappa shape index (κ1) is 16.6. The molecule has 0 atom stereocenters. The average Bonchev–Trinajstić information content (AvgIpc) is 3.21. The summed E-state index contributed by atoms with van der Waals surface area (Å²) in [6.45, 7) is 3.70. The molecule has 1 amide bonds. The van der Waals surface area contributed by atoms with Gasteiger partial charge >= 0.3 is 0 Å². The van der Waals surface area contributed by atoms with Crippen LogP contribution in [0.3, 0.4) is 0 Å². The van der Waals surface area contributed by atoms with E-state index in [1.165, 1.54) is 11.0 Å². The fourth-order valence-corrected chi connectivity index (χ4v) is 2.91. The summed E-state index contributed by atoms with van der Waals surface area (Å²) in [4.78, 5) is 27.5. The van der Waals surface area contributed by atoms with E-state index in [1.54, 1.807) is 37.3 Å². The smallest absolute Gasteiger partial charge is 0.255 e. The number of anilines is 1. The molecule has 0 fully saturated rings. The molecule has 27 heavy (non-hydrogen) atoms. The van der Waals surface area contributed by atoms with Gasteiger partial charge in [-0.1, -0.05) is 12.1 Å². The lowest BCUT2D eigenvalue weighted by atomic mass is 10.1. The van der Waals surface area contributed by atoms with Crippen LogP contribution in [0.4, 0.5) is 5.69 Å². The first-order valence-electron chi connectivity index (χ1n) is 8.31. The molecule has 2 N–H and O–H groups in total. The molecule has 2 aromatic heterocycles. The summed E-state index contributed by atoms with van der Waals surface area (Å²) < 4.78 is 1.47. The largest absolute Gasteiger partial charge is 0.322 e. The van der Waals surface area contributed by atoms with Gasteiger partial charge in [0.05, 0.1) is 11.2 Å². The predicted octanol–water partition coefficient (Wildman–Crippen LogP) is 2.37. The molecule has 2 aromatic carbocycles. The molecule has 0 saturated heterocycles. The highest BCUT2D eigenvalue weighted by Gasteiger charge is 2.10. The van der Waals surface area contributed by atoms with Crippen molar-refractivity contribution < 1.29 is 4.79 Å². The van der Waals surface area contributed by atoms with Crippen molar-refractivity contribution in [3.05, 3.63) is 75.8 Å². The van der Waals surface area contributed by atoms with Crippen LogP contribution < -0.4 is 10.9 Å². The minimum absolute atomic E-state index is 0.127. The number of aromatic amines is 1. The van der Waals surface area contributed by atoms with Crippen LogP contribution in [0.2, 0.25) is 0 Å². The summed E-state index contributed by atoms with van der Waals surface area (Å²) in [5.74, 6) is -0.268. The molecule has 8 nitrogen and oxygen atoms in total. The highest BCUT2D eigenvalue weighted by Crippen LogP contribution is 2.21. The minimum atomic E-state index is -0.268. The van der Waals surface area contributed by atoms with Crippen LogP contribution in [0.5, 0.6) is 0 Å². The van der Waals surface area contributed by atoms with E-state index >= 15 is 0 Å². The lowest BCUT2D eigenvalue weighted by Gasteiger charge is -2.10. The van der Waals surface area contributed by atoms with Gasteiger partial charge in [-0.2, -0.15) is 0 Å². The Labute approximate surface area is 153 Å². The van der Waals surface area contributed by atoms with Crippen molar-refractivity contribution in [1.82, 2.24) is 25.2 Å². The van der Waals surface area contributed by atoms with Crippen molar-refractivity contribution >= 4 is 22.5 Å². The van der Waals surface area contributed by atoms with Crippen LogP contribution >= 0.6 is 0 Å². The van der Waals surface area contributed by atoms with Gasteiger partial charge in [-0.25, -0.2) is 4.68 Å². The number of H-pyrrole nitrogens is 1. The monoisotopic (exact) mass is 360 g/mol. The van der Waals surface area contributed by atoms with Crippen LogP contribution in [0, 0.1) is 13.8 Å².